The van der Waals surface area contributed by atoms with Gasteiger partial charge in [-0.25, -0.2) is 14.8 Å². The van der Waals surface area contributed by atoms with Crippen LogP contribution in [0.1, 0.15) is 47.6 Å². The van der Waals surface area contributed by atoms with E-state index in [1.165, 1.54) is 6.20 Å². The van der Waals surface area contributed by atoms with Crippen LogP contribution in [0.15, 0.2) is 6.20 Å². The normalized spacial score (nSPS) is 14.3. The monoisotopic (exact) mass is 249 g/mol. The Kier molecular flexibility index (Phi) is 3.55. The molecule has 6 nitrogen and oxygen atoms in total. The maximum absolute atomic E-state index is 11.7. The highest BCUT2D eigenvalue weighted by atomic mass is 16.5. The number of amides is 1. The van der Waals surface area contributed by atoms with E-state index in [0.717, 1.165) is 12.8 Å². The Bertz CT molecular complexity index is 483. The van der Waals surface area contributed by atoms with Crippen molar-refractivity contribution in [2.45, 2.75) is 32.1 Å². The van der Waals surface area contributed by atoms with Gasteiger partial charge < -0.3 is 10.5 Å². The molecule has 6 heteroatoms. The van der Waals surface area contributed by atoms with Gasteiger partial charge in [-0.15, -0.1) is 0 Å². The summed E-state index contributed by atoms with van der Waals surface area (Å²) in [7, 11) is 0. The zero-order chi connectivity index (χ0) is 13.1. The second-order valence-corrected chi connectivity index (χ2v) is 4.22. The molecule has 0 spiro atoms. The summed E-state index contributed by atoms with van der Waals surface area (Å²) < 4.78 is 4.96. The first kappa shape index (κ1) is 12.5. The number of nitrogens with zero attached hydrogens (tertiary/aromatic N) is 2. The van der Waals surface area contributed by atoms with Gasteiger partial charge in [-0.1, -0.05) is 0 Å². The van der Waals surface area contributed by atoms with Gasteiger partial charge in [0.15, 0.2) is 0 Å². The molecule has 1 fully saturated rings. The minimum Gasteiger partial charge on any atom is -0.462 e. The van der Waals surface area contributed by atoms with Gasteiger partial charge in [0, 0.05) is 12.1 Å². The Morgan fingerprint density at radius 3 is 2.78 bits per heavy atom. The minimum atomic E-state index is -0.486. The topological polar surface area (TPSA) is 95.2 Å². The molecule has 1 aromatic heterocycles. The smallest absolute Gasteiger partial charge is 0.341 e. The standard InChI is InChI=1S/C12H15N3O3/c1-2-18-12(17)8-6-14-10(5-9(13)16)15-11(8)7-3-4-7/h6-7H,2-5H2,1H3,(H2,13,16). The summed E-state index contributed by atoms with van der Waals surface area (Å²) in [5.74, 6) is -0.262. The van der Waals surface area contributed by atoms with E-state index in [9.17, 15) is 9.59 Å². The molecule has 1 amide bonds. The van der Waals surface area contributed by atoms with E-state index in [4.69, 9.17) is 10.5 Å². The molecule has 0 aromatic carbocycles. The number of carbonyl (C=O) groups excluding carboxylic acids is 2. The molecule has 0 atom stereocenters. The van der Waals surface area contributed by atoms with Crippen molar-refractivity contribution >= 4 is 11.9 Å². The molecule has 1 saturated carbocycles. The van der Waals surface area contributed by atoms with Gasteiger partial charge in [-0.2, -0.15) is 0 Å². The molecule has 0 aliphatic heterocycles. The average molecular weight is 249 g/mol. The molecule has 0 unspecified atom stereocenters. The Hall–Kier alpha value is -1.98. The van der Waals surface area contributed by atoms with Gasteiger partial charge in [0.05, 0.1) is 24.3 Å². The van der Waals surface area contributed by atoms with Gasteiger partial charge in [0.2, 0.25) is 5.91 Å². The summed E-state index contributed by atoms with van der Waals surface area (Å²) >= 11 is 0. The number of nitrogens with two attached hydrogens (primary N) is 1. The molecule has 96 valence electrons. The van der Waals surface area contributed by atoms with Crippen LogP contribution >= 0.6 is 0 Å². The first-order valence-electron chi connectivity index (χ1n) is 5.93. The largest absolute Gasteiger partial charge is 0.462 e. The van der Waals surface area contributed by atoms with Crippen molar-refractivity contribution in [1.29, 1.82) is 0 Å². The lowest BCUT2D eigenvalue weighted by Gasteiger charge is -2.08. The molecular weight excluding hydrogens is 234 g/mol. The number of rotatable bonds is 5. The molecular formula is C12H15N3O3. The summed E-state index contributed by atoms with van der Waals surface area (Å²) in [5.41, 5.74) is 6.18. The predicted octanol–water partition coefficient (Wildman–Crippen LogP) is 0.558. The maximum atomic E-state index is 11.7. The molecule has 0 radical (unpaired) electrons. The Morgan fingerprint density at radius 1 is 1.50 bits per heavy atom. The predicted molar refractivity (Wildman–Crippen MR) is 62.9 cm³/mol. The van der Waals surface area contributed by atoms with E-state index in [0.29, 0.717) is 23.7 Å². The van der Waals surface area contributed by atoms with Crippen molar-refractivity contribution in [1.82, 2.24) is 9.97 Å². The van der Waals surface area contributed by atoms with Crippen LogP contribution in [-0.2, 0) is 16.0 Å². The Morgan fingerprint density at radius 2 is 2.22 bits per heavy atom. The van der Waals surface area contributed by atoms with Crippen LogP contribution in [0, 0.1) is 0 Å². The van der Waals surface area contributed by atoms with Crippen molar-refractivity contribution in [3.63, 3.8) is 0 Å². The lowest BCUT2D eigenvalue weighted by molar-refractivity contribution is -0.117. The van der Waals surface area contributed by atoms with Gasteiger partial charge in [-0.3, -0.25) is 4.79 Å². The van der Waals surface area contributed by atoms with E-state index in [-0.39, 0.29) is 12.3 Å². The fourth-order valence-corrected chi connectivity index (χ4v) is 1.71. The molecule has 2 N–H and O–H groups in total. The molecule has 1 aliphatic carbocycles. The van der Waals surface area contributed by atoms with Crippen LogP contribution in [0.25, 0.3) is 0 Å². The number of aromatic nitrogens is 2. The SMILES string of the molecule is CCOC(=O)c1cnc(CC(N)=O)nc1C1CC1. The van der Waals surface area contributed by atoms with Crippen LogP contribution in [0.2, 0.25) is 0 Å². The lowest BCUT2D eigenvalue weighted by Crippen LogP contribution is -2.18. The number of primary amides is 1. The Labute approximate surface area is 105 Å². The van der Waals surface area contributed by atoms with E-state index in [1.54, 1.807) is 6.92 Å². The maximum Gasteiger partial charge on any atom is 0.341 e. The van der Waals surface area contributed by atoms with E-state index in [2.05, 4.69) is 9.97 Å². The molecule has 1 heterocycles. The summed E-state index contributed by atoms with van der Waals surface area (Å²) in [5, 5.41) is 0. The summed E-state index contributed by atoms with van der Waals surface area (Å²) in [4.78, 5) is 30.8. The highest BCUT2D eigenvalue weighted by Gasteiger charge is 2.31. The highest BCUT2D eigenvalue weighted by molar-refractivity contribution is 5.90. The lowest BCUT2D eigenvalue weighted by atomic mass is 10.1. The third kappa shape index (κ3) is 2.82. The van der Waals surface area contributed by atoms with E-state index < -0.39 is 11.9 Å². The van der Waals surface area contributed by atoms with Gasteiger partial charge in [-0.05, 0) is 19.8 Å². The van der Waals surface area contributed by atoms with Crippen LogP contribution < -0.4 is 5.73 Å². The second kappa shape index (κ2) is 5.12. The number of ether oxygens (including phenoxy) is 1. The fourth-order valence-electron chi connectivity index (χ4n) is 1.71. The third-order valence-electron chi connectivity index (χ3n) is 2.66. The van der Waals surface area contributed by atoms with E-state index in [1.807, 2.05) is 0 Å². The van der Waals surface area contributed by atoms with Crippen molar-refractivity contribution < 1.29 is 14.3 Å². The fraction of sp³-hybridized carbons (Fsp3) is 0.500. The zero-order valence-electron chi connectivity index (χ0n) is 10.2. The molecule has 2 rings (SSSR count). The Balaban J connectivity index is 2.29. The third-order valence-corrected chi connectivity index (χ3v) is 2.66. The van der Waals surface area contributed by atoms with Gasteiger partial charge >= 0.3 is 5.97 Å². The number of esters is 1. The molecule has 18 heavy (non-hydrogen) atoms. The molecule has 0 bridgehead atoms. The second-order valence-electron chi connectivity index (χ2n) is 4.22. The van der Waals surface area contributed by atoms with Crippen LogP contribution in [0.4, 0.5) is 0 Å². The molecule has 0 saturated heterocycles. The van der Waals surface area contributed by atoms with Crippen molar-refractivity contribution in [2.24, 2.45) is 5.73 Å². The number of carbonyl (C=O) groups is 2. The molecule has 1 aromatic rings. The van der Waals surface area contributed by atoms with Crippen molar-refractivity contribution in [2.75, 3.05) is 6.61 Å². The van der Waals surface area contributed by atoms with E-state index >= 15 is 0 Å². The zero-order valence-corrected chi connectivity index (χ0v) is 10.2. The van der Waals surface area contributed by atoms with Crippen LogP contribution in [0.5, 0.6) is 0 Å². The van der Waals surface area contributed by atoms with Crippen molar-refractivity contribution in [3.8, 4) is 0 Å². The summed E-state index contributed by atoms with van der Waals surface area (Å²) in [6, 6.07) is 0. The number of hydrogen-bond donors (Lipinski definition) is 1. The van der Waals surface area contributed by atoms with Gasteiger partial charge in [0.1, 0.15) is 5.82 Å². The highest BCUT2D eigenvalue weighted by Crippen LogP contribution is 2.40. The van der Waals surface area contributed by atoms with Crippen LogP contribution in [0.3, 0.4) is 0 Å². The van der Waals surface area contributed by atoms with Crippen molar-refractivity contribution in [3.05, 3.63) is 23.3 Å². The van der Waals surface area contributed by atoms with Gasteiger partial charge in [0.25, 0.3) is 0 Å². The summed E-state index contributed by atoms with van der Waals surface area (Å²) in [6.45, 7) is 2.06. The molecule has 1 aliphatic rings. The number of hydrogen-bond acceptors (Lipinski definition) is 5. The quantitative estimate of drug-likeness (QED) is 0.769. The minimum absolute atomic E-state index is 0.0111. The van der Waals surface area contributed by atoms with Crippen LogP contribution in [-0.4, -0.2) is 28.5 Å². The first-order valence-corrected chi connectivity index (χ1v) is 5.93. The average Bonchev–Trinajstić information content (AvgIpc) is 3.12. The summed E-state index contributed by atoms with van der Waals surface area (Å²) in [6.07, 6.45) is 3.42. The first-order chi connectivity index (χ1) is 8.61.